The number of rotatable bonds is 7. The van der Waals surface area contributed by atoms with Gasteiger partial charge in [0.2, 0.25) is 11.0 Å². The number of anilines is 3. The van der Waals surface area contributed by atoms with Gasteiger partial charge in [-0.25, -0.2) is 0 Å². The highest BCUT2D eigenvalue weighted by atomic mass is 32.2. The summed E-state index contributed by atoms with van der Waals surface area (Å²) in [6.45, 7) is 5.88. The minimum atomic E-state index is -0.289. The fourth-order valence-corrected chi connectivity index (χ4v) is 4.41. The molecule has 0 aliphatic heterocycles. The molecule has 0 bridgehead atoms. The first-order chi connectivity index (χ1) is 13.4. The Bertz CT molecular complexity index is 957. The Balaban J connectivity index is 1.58. The molecule has 2 aromatic carbocycles. The first-order valence-corrected chi connectivity index (χ1v) is 10.4. The maximum absolute atomic E-state index is 12.5. The standard InChI is InChI=1S/C20H22N4O2S2/c1-12-5-10-17(13(2)11-12)22-18(25)14(3)27-20-24-23-19(28-20)21-15-6-8-16(26-4)9-7-15/h5-11,14H,1-4H3,(H,21,23)(H,22,25). The number of benzene rings is 2. The van der Waals surface area contributed by atoms with Gasteiger partial charge in [-0.15, -0.1) is 10.2 Å². The number of nitrogens with zero attached hydrogens (tertiary/aromatic N) is 2. The third-order valence-electron chi connectivity index (χ3n) is 4.03. The van der Waals surface area contributed by atoms with Crippen molar-refractivity contribution in [3.05, 3.63) is 53.6 Å². The van der Waals surface area contributed by atoms with Crippen molar-refractivity contribution >= 4 is 45.5 Å². The van der Waals surface area contributed by atoms with E-state index >= 15 is 0 Å². The predicted octanol–water partition coefficient (Wildman–Crippen LogP) is 5.03. The van der Waals surface area contributed by atoms with E-state index in [1.807, 2.05) is 57.2 Å². The molecule has 1 heterocycles. The van der Waals surface area contributed by atoms with E-state index in [0.29, 0.717) is 5.13 Å². The third-order valence-corrected chi connectivity index (χ3v) is 6.06. The number of nitrogens with one attached hydrogen (secondary N) is 2. The largest absolute Gasteiger partial charge is 0.497 e. The van der Waals surface area contributed by atoms with Crippen molar-refractivity contribution in [2.24, 2.45) is 0 Å². The van der Waals surface area contributed by atoms with E-state index in [0.717, 1.165) is 27.0 Å². The van der Waals surface area contributed by atoms with Gasteiger partial charge in [0.15, 0.2) is 4.34 Å². The summed E-state index contributed by atoms with van der Waals surface area (Å²) in [5.74, 6) is 0.736. The summed E-state index contributed by atoms with van der Waals surface area (Å²) in [6, 6.07) is 13.5. The second-order valence-electron chi connectivity index (χ2n) is 6.29. The smallest absolute Gasteiger partial charge is 0.237 e. The number of carbonyl (C=O) groups is 1. The van der Waals surface area contributed by atoms with E-state index in [9.17, 15) is 4.79 Å². The van der Waals surface area contributed by atoms with Crippen molar-refractivity contribution in [1.82, 2.24) is 10.2 Å². The lowest BCUT2D eigenvalue weighted by Gasteiger charge is -2.12. The predicted molar refractivity (Wildman–Crippen MR) is 116 cm³/mol. The molecule has 146 valence electrons. The van der Waals surface area contributed by atoms with Crippen LogP contribution in [0.4, 0.5) is 16.5 Å². The second kappa shape index (κ2) is 9.07. The Kier molecular flexibility index (Phi) is 6.53. The van der Waals surface area contributed by atoms with Crippen molar-refractivity contribution in [3.63, 3.8) is 0 Å². The Labute approximate surface area is 172 Å². The second-order valence-corrected chi connectivity index (χ2v) is 8.86. The summed E-state index contributed by atoms with van der Waals surface area (Å²) in [4.78, 5) is 12.5. The first kappa shape index (κ1) is 20.2. The topological polar surface area (TPSA) is 76.1 Å². The number of aromatic nitrogens is 2. The molecule has 8 heteroatoms. The van der Waals surface area contributed by atoms with Crippen LogP contribution in [0.15, 0.2) is 46.8 Å². The molecular weight excluding hydrogens is 392 g/mol. The van der Waals surface area contributed by atoms with E-state index in [2.05, 4.69) is 26.9 Å². The quantitative estimate of drug-likeness (QED) is 0.528. The van der Waals surface area contributed by atoms with Gasteiger partial charge < -0.3 is 15.4 Å². The monoisotopic (exact) mass is 414 g/mol. The Morgan fingerprint density at radius 1 is 1.14 bits per heavy atom. The van der Waals surface area contributed by atoms with Gasteiger partial charge >= 0.3 is 0 Å². The van der Waals surface area contributed by atoms with E-state index in [4.69, 9.17) is 4.74 Å². The molecule has 0 aliphatic rings. The number of carbonyl (C=O) groups excluding carboxylic acids is 1. The number of aryl methyl sites for hydroxylation is 2. The molecule has 6 nitrogen and oxygen atoms in total. The number of amides is 1. The van der Waals surface area contributed by atoms with Crippen LogP contribution in [0.5, 0.6) is 5.75 Å². The molecule has 28 heavy (non-hydrogen) atoms. The minimum Gasteiger partial charge on any atom is -0.497 e. The maximum atomic E-state index is 12.5. The SMILES string of the molecule is COc1ccc(Nc2nnc(SC(C)C(=O)Nc3ccc(C)cc3C)s2)cc1. The highest BCUT2D eigenvalue weighted by molar-refractivity contribution is 8.02. The average molecular weight is 415 g/mol. The van der Waals surface area contributed by atoms with Crippen LogP contribution in [0.25, 0.3) is 0 Å². The first-order valence-electron chi connectivity index (χ1n) is 8.74. The molecule has 3 aromatic rings. The molecular formula is C20H22N4O2S2. The molecule has 0 saturated carbocycles. The van der Waals surface area contributed by atoms with Gasteiger partial charge in [-0.3, -0.25) is 4.79 Å². The zero-order valence-electron chi connectivity index (χ0n) is 16.1. The number of ether oxygens (including phenoxy) is 1. The van der Waals surface area contributed by atoms with Gasteiger partial charge in [0.05, 0.1) is 12.4 Å². The Hall–Kier alpha value is -2.58. The molecule has 0 radical (unpaired) electrons. The fourth-order valence-electron chi connectivity index (χ4n) is 2.50. The molecule has 0 fully saturated rings. The summed E-state index contributed by atoms with van der Waals surface area (Å²) in [6.07, 6.45) is 0. The molecule has 1 atom stereocenters. The molecule has 1 unspecified atom stereocenters. The van der Waals surface area contributed by atoms with Crippen LogP contribution < -0.4 is 15.4 Å². The van der Waals surface area contributed by atoms with E-state index < -0.39 is 0 Å². The minimum absolute atomic E-state index is 0.0585. The lowest BCUT2D eigenvalue weighted by Crippen LogP contribution is -2.22. The zero-order valence-corrected chi connectivity index (χ0v) is 17.8. The summed E-state index contributed by atoms with van der Waals surface area (Å²) >= 11 is 2.80. The molecule has 0 aliphatic carbocycles. The molecule has 0 saturated heterocycles. The highest BCUT2D eigenvalue weighted by Gasteiger charge is 2.18. The lowest BCUT2D eigenvalue weighted by atomic mass is 10.1. The molecule has 0 spiro atoms. The van der Waals surface area contributed by atoms with Gasteiger partial charge in [-0.05, 0) is 56.7 Å². The molecule has 1 amide bonds. The summed E-state index contributed by atoms with van der Waals surface area (Å²) in [5, 5.41) is 14.9. The summed E-state index contributed by atoms with van der Waals surface area (Å²) in [7, 11) is 1.63. The number of thioether (sulfide) groups is 1. The van der Waals surface area contributed by atoms with Gasteiger partial charge in [-0.2, -0.15) is 0 Å². The van der Waals surface area contributed by atoms with Crippen molar-refractivity contribution < 1.29 is 9.53 Å². The van der Waals surface area contributed by atoms with Crippen molar-refractivity contribution in [3.8, 4) is 5.75 Å². The van der Waals surface area contributed by atoms with Gasteiger partial charge in [0.1, 0.15) is 5.75 Å². The lowest BCUT2D eigenvalue weighted by molar-refractivity contribution is -0.115. The van der Waals surface area contributed by atoms with Crippen LogP contribution in [0.1, 0.15) is 18.1 Å². The zero-order chi connectivity index (χ0) is 20.1. The van der Waals surface area contributed by atoms with Crippen LogP contribution in [0, 0.1) is 13.8 Å². The van der Waals surface area contributed by atoms with Crippen LogP contribution in [0.2, 0.25) is 0 Å². The number of hydrogen-bond donors (Lipinski definition) is 2. The molecule has 3 rings (SSSR count). The van der Waals surface area contributed by atoms with Crippen LogP contribution in [0.3, 0.4) is 0 Å². The van der Waals surface area contributed by atoms with Gasteiger partial charge in [0, 0.05) is 11.4 Å². The van der Waals surface area contributed by atoms with Gasteiger partial charge in [0.25, 0.3) is 0 Å². The normalized spacial score (nSPS) is 11.7. The van der Waals surface area contributed by atoms with Crippen molar-refractivity contribution in [2.75, 3.05) is 17.7 Å². The van der Waals surface area contributed by atoms with Crippen LogP contribution in [-0.4, -0.2) is 28.5 Å². The van der Waals surface area contributed by atoms with Crippen LogP contribution >= 0.6 is 23.1 Å². The van der Waals surface area contributed by atoms with Crippen molar-refractivity contribution in [2.45, 2.75) is 30.4 Å². The maximum Gasteiger partial charge on any atom is 0.237 e. The third kappa shape index (κ3) is 5.24. The number of methoxy groups -OCH3 is 1. The highest BCUT2D eigenvalue weighted by Crippen LogP contribution is 2.31. The fraction of sp³-hybridized carbons (Fsp3) is 0.250. The van der Waals surface area contributed by atoms with Gasteiger partial charge in [-0.1, -0.05) is 40.8 Å². The molecule has 2 N–H and O–H groups in total. The van der Waals surface area contributed by atoms with E-state index in [1.54, 1.807) is 7.11 Å². The van der Waals surface area contributed by atoms with E-state index in [-0.39, 0.29) is 11.2 Å². The molecule has 1 aromatic heterocycles. The van der Waals surface area contributed by atoms with E-state index in [1.165, 1.54) is 28.7 Å². The Morgan fingerprint density at radius 3 is 2.57 bits per heavy atom. The number of hydrogen-bond acceptors (Lipinski definition) is 7. The average Bonchev–Trinajstić information content (AvgIpc) is 3.11. The van der Waals surface area contributed by atoms with Crippen LogP contribution in [-0.2, 0) is 4.79 Å². The van der Waals surface area contributed by atoms with Crippen molar-refractivity contribution in [1.29, 1.82) is 0 Å². The summed E-state index contributed by atoms with van der Waals surface area (Å²) < 4.78 is 5.89. The summed E-state index contributed by atoms with van der Waals surface area (Å²) in [5.41, 5.74) is 3.95. The Morgan fingerprint density at radius 2 is 1.89 bits per heavy atom.